The van der Waals surface area contributed by atoms with Crippen molar-refractivity contribution in [2.24, 2.45) is 0 Å². The molecular formula is C16H32O3. The van der Waals surface area contributed by atoms with E-state index in [-0.39, 0.29) is 23.4 Å². The van der Waals surface area contributed by atoms with E-state index in [1.807, 2.05) is 0 Å². The van der Waals surface area contributed by atoms with E-state index in [2.05, 4.69) is 41.5 Å². The number of hydrogen-bond donors (Lipinski definition) is 0. The lowest BCUT2D eigenvalue weighted by Gasteiger charge is -2.34. The van der Waals surface area contributed by atoms with E-state index in [0.29, 0.717) is 13.2 Å². The van der Waals surface area contributed by atoms with Gasteiger partial charge in [-0.1, -0.05) is 26.7 Å². The Labute approximate surface area is 119 Å². The highest BCUT2D eigenvalue weighted by Gasteiger charge is 2.37. The molecular weight excluding hydrogens is 240 g/mol. The first kappa shape index (κ1) is 16.9. The van der Waals surface area contributed by atoms with Crippen LogP contribution < -0.4 is 0 Å². The Balaban J connectivity index is 2.54. The van der Waals surface area contributed by atoms with Crippen LogP contribution in [0.4, 0.5) is 0 Å². The minimum Gasteiger partial charge on any atom is -0.376 e. The van der Waals surface area contributed by atoms with Crippen LogP contribution in [0.5, 0.6) is 0 Å². The highest BCUT2D eigenvalue weighted by atomic mass is 16.6. The van der Waals surface area contributed by atoms with Crippen molar-refractivity contribution in [2.75, 3.05) is 13.2 Å². The summed E-state index contributed by atoms with van der Waals surface area (Å²) in [6.45, 7) is 14.3. The molecule has 1 rings (SSSR count). The van der Waals surface area contributed by atoms with Crippen LogP contribution in [0.1, 0.15) is 67.2 Å². The molecule has 19 heavy (non-hydrogen) atoms. The van der Waals surface area contributed by atoms with Crippen molar-refractivity contribution in [3.05, 3.63) is 0 Å². The summed E-state index contributed by atoms with van der Waals surface area (Å²) >= 11 is 0. The first-order valence-corrected chi connectivity index (χ1v) is 7.73. The third kappa shape index (κ3) is 5.80. The zero-order valence-corrected chi connectivity index (χ0v) is 13.6. The smallest absolute Gasteiger partial charge is 0.110 e. The van der Waals surface area contributed by atoms with Gasteiger partial charge in [0.2, 0.25) is 0 Å². The van der Waals surface area contributed by atoms with Crippen molar-refractivity contribution in [3.8, 4) is 0 Å². The van der Waals surface area contributed by atoms with Gasteiger partial charge in [-0.3, -0.25) is 0 Å². The molecule has 0 amide bonds. The Kier molecular flexibility index (Phi) is 6.28. The van der Waals surface area contributed by atoms with Gasteiger partial charge in [-0.05, 0) is 40.5 Å². The lowest BCUT2D eigenvalue weighted by Crippen LogP contribution is -2.42. The van der Waals surface area contributed by atoms with Gasteiger partial charge < -0.3 is 14.2 Å². The second-order valence-electron chi connectivity index (χ2n) is 6.87. The van der Waals surface area contributed by atoms with Crippen molar-refractivity contribution in [2.45, 2.75) is 90.6 Å². The molecule has 114 valence electrons. The topological polar surface area (TPSA) is 27.7 Å². The molecule has 1 saturated heterocycles. The van der Waals surface area contributed by atoms with Crippen LogP contribution in [0.15, 0.2) is 0 Å². The second-order valence-corrected chi connectivity index (χ2v) is 6.87. The molecule has 1 heterocycles. The van der Waals surface area contributed by atoms with Crippen LogP contribution in [-0.2, 0) is 14.2 Å². The van der Waals surface area contributed by atoms with E-state index in [1.165, 1.54) is 0 Å². The van der Waals surface area contributed by atoms with Crippen molar-refractivity contribution in [3.63, 3.8) is 0 Å². The van der Waals surface area contributed by atoms with E-state index >= 15 is 0 Å². The summed E-state index contributed by atoms with van der Waals surface area (Å²) in [5.74, 6) is 0. The molecule has 0 aromatic heterocycles. The van der Waals surface area contributed by atoms with Crippen molar-refractivity contribution >= 4 is 0 Å². The Hall–Kier alpha value is -0.120. The average molecular weight is 272 g/mol. The van der Waals surface area contributed by atoms with E-state index in [4.69, 9.17) is 14.2 Å². The molecule has 0 aromatic carbocycles. The molecule has 2 atom stereocenters. The predicted octanol–water partition coefficient (Wildman–Crippen LogP) is 3.94. The molecule has 0 radical (unpaired) electrons. The van der Waals surface area contributed by atoms with Gasteiger partial charge >= 0.3 is 0 Å². The quantitative estimate of drug-likeness (QED) is 0.669. The average Bonchev–Trinajstić information content (AvgIpc) is 2.63. The Bertz CT molecular complexity index is 235. The number of rotatable bonds is 8. The zero-order valence-electron chi connectivity index (χ0n) is 13.6. The standard InChI is InChI=1S/C16H32O3/c1-7-9-15(3,4)18-13-11-17-12-14(13)19-16(5,6)10-8-2/h13-14H,7-12H2,1-6H3. The summed E-state index contributed by atoms with van der Waals surface area (Å²) in [5, 5.41) is 0. The van der Waals surface area contributed by atoms with Crippen LogP contribution in [0.3, 0.4) is 0 Å². The maximum Gasteiger partial charge on any atom is 0.110 e. The molecule has 0 saturated carbocycles. The summed E-state index contributed by atoms with van der Waals surface area (Å²) in [7, 11) is 0. The molecule has 0 spiro atoms. The molecule has 0 aromatic rings. The zero-order chi connectivity index (χ0) is 14.5. The molecule has 2 unspecified atom stereocenters. The van der Waals surface area contributed by atoms with Crippen LogP contribution in [0, 0.1) is 0 Å². The minimum absolute atomic E-state index is 0.0673. The molecule has 1 fully saturated rings. The summed E-state index contributed by atoms with van der Waals surface area (Å²) in [6.07, 6.45) is 4.53. The van der Waals surface area contributed by atoms with Crippen LogP contribution in [0.2, 0.25) is 0 Å². The lowest BCUT2D eigenvalue weighted by atomic mass is 10.0. The van der Waals surface area contributed by atoms with Gasteiger partial charge in [-0.25, -0.2) is 0 Å². The highest BCUT2D eigenvalue weighted by molar-refractivity contribution is 4.84. The Morgan fingerprint density at radius 3 is 1.53 bits per heavy atom. The third-order valence-corrected chi connectivity index (χ3v) is 3.62. The molecule has 3 nitrogen and oxygen atoms in total. The Morgan fingerprint density at radius 2 is 1.21 bits per heavy atom. The number of hydrogen-bond acceptors (Lipinski definition) is 3. The first-order chi connectivity index (χ1) is 8.79. The highest BCUT2D eigenvalue weighted by Crippen LogP contribution is 2.28. The minimum atomic E-state index is -0.0936. The van der Waals surface area contributed by atoms with Crippen molar-refractivity contribution in [1.82, 2.24) is 0 Å². The van der Waals surface area contributed by atoms with Gasteiger partial charge in [0.15, 0.2) is 0 Å². The summed E-state index contributed by atoms with van der Waals surface area (Å²) in [5.41, 5.74) is -0.187. The van der Waals surface area contributed by atoms with Gasteiger partial charge in [0.25, 0.3) is 0 Å². The molecule has 0 bridgehead atoms. The van der Waals surface area contributed by atoms with Gasteiger partial charge in [0.1, 0.15) is 12.2 Å². The molecule has 1 aliphatic rings. The third-order valence-electron chi connectivity index (χ3n) is 3.62. The first-order valence-electron chi connectivity index (χ1n) is 7.73. The fourth-order valence-corrected chi connectivity index (χ4v) is 2.88. The van der Waals surface area contributed by atoms with Gasteiger partial charge in [-0.2, -0.15) is 0 Å². The lowest BCUT2D eigenvalue weighted by molar-refractivity contribution is -0.155. The normalized spacial score (nSPS) is 24.9. The van der Waals surface area contributed by atoms with Crippen LogP contribution in [0.25, 0.3) is 0 Å². The van der Waals surface area contributed by atoms with E-state index < -0.39 is 0 Å². The molecule has 3 heteroatoms. The Morgan fingerprint density at radius 1 is 0.842 bits per heavy atom. The molecule has 0 aliphatic carbocycles. The summed E-state index contributed by atoms with van der Waals surface area (Å²) in [4.78, 5) is 0. The fraction of sp³-hybridized carbons (Fsp3) is 1.00. The molecule has 0 N–H and O–H groups in total. The van der Waals surface area contributed by atoms with Gasteiger partial charge in [-0.15, -0.1) is 0 Å². The maximum atomic E-state index is 6.23. The number of ether oxygens (including phenoxy) is 3. The van der Waals surface area contributed by atoms with Crippen LogP contribution in [-0.4, -0.2) is 36.6 Å². The van der Waals surface area contributed by atoms with Crippen LogP contribution >= 0.6 is 0 Å². The van der Waals surface area contributed by atoms with E-state index in [0.717, 1.165) is 25.7 Å². The van der Waals surface area contributed by atoms with E-state index in [1.54, 1.807) is 0 Å². The summed E-state index contributed by atoms with van der Waals surface area (Å²) in [6, 6.07) is 0. The second kappa shape index (κ2) is 7.05. The largest absolute Gasteiger partial charge is 0.376 e. The summed E-state index contributed by atoms with van der Waals surface area (Å²) < 4.78 is 18.0. The predicted molar refractivity (Wildman–Crippen MR) is 78.5 cm³/mol. The van der Waals surface area contributed by atoms with Gasteiger partial charge in [0, 0.05) is 0 Å². The van der Waals surface area contributed by atoms with E-state index in [9.17, 15) is 0 Å². The van der Waals surface area contributed by atoms with Gasteiger partial charge in [0.05, 0.1) is 24.4 Å². The van der Waals surface area contributed by atoms with Crippen molar-refractivity contribution < 1.29 is 14.2 Å². The monoisotopic (exact) mass is 272 g/mol. The molecule has 1 aliphatic heterocycles. The SMILES string of the molecule is CCCC(C)(C)OC1COCC1OC(C)(C)CCC. The fourth-order valence-electron chi connectivity index (χ4n) is 2.88. The maximum absolute atomic E-state index is 6.23. The van der Waals surface area contributed by atoms with Crippen molar-refractivity contribution in [1.29, 1.82) is 0 Å².